The topological polar surface area (TPSA) is 264 Å². The summed E-state index contributed by atoms with van der Waals surface area (Å²) in [6, 6.07) is 20.7. The van der Waals surface area contributed by atoms with Crippen LogP contribution in [0.4, 0.5) is 26.3 Å². The van der Waals surface area contributed by atoms with Gasteiger partial charge < -0.3 is 43.2 Å². The number of allylic oxidation sites excluding steroid dienone is 2. The number of ether oxygens (including phenoxy) is 3. The molecule has 21 rings (SSSR count). The molecule has 8 fully saturated rings. The number of rotatable bonds is 12. The first-order valence-electron chi connectivity index (χ1n) is 38.7. The van der Waals surface area contributed by atoms with Gasteiger partial charge in [-0.25, -0.2) is 26.3 Å². The maximum atomic E-state index is 14.6. The number of benzene rings is 6. The summed E-state index contributed by atoms with van der Waals surface area (Å²) in [6.07, 6.45) is 21.1. The van der Waals surface area contributed by atoms with Gasteiger partial charge in [0.1, 0.15) is 6.07 Å². The maximum absolute atomic E-state index is 14.6. The van der Waals surface area contributed by atoms with E-state index in [1.54, 1.807) is 36.8 Å². The molecule has 3 spiro atoms. The number of fused-ring (bicyclic) bond motifs is 6. The summed E-state index contributed by atoms with van der Waals surface area (Å²) < 4.78 is 110. The lowest BCUT2D eigenvalue weighted by Gasteiger charge is -2.57. The van der Waals surface area contributed by atoms with Crippen LogP contribution < -0.4 is 0 Å². The maximum Gasteiger partial charge on any atom is 0.306 e. The highest BCUT2D eigenvalue weighted by Crippen LogP contribution is 2.68. The largest absolute Gasteiger partial charge is 0.481 e. The molecule has 112 heavy (non-hydrogen) atoms. The molecule has 9 heterocycles. The van der Waals surface area contributed by atoms with Crippen molar-refractivity contribution in [1.82, 2.24) is 44.3 Å². The molecule has 3 aliphatic heterocycles. The highest BCUT2D eigenvalue weighted by atomic mass is 79.9. The summed E-state index contributed by atoms with van der Waals surface area (Å²) in [4.78, 5) is 34.4. The third-order valence-electron chi connectivity index (χ3n) is 26.8. The molecule has 0 radical (unpaired) electrons. The first-order valence-corrected chi connectivity index (χ1v) is 39.5. The van der Waals surface area contributed by atoms with E-state index in [0.29, 0.717) is 93.5 Å². The van der Waals surface area contributed by atoms with Gasteiger partial charge in [0.05, 0.1) is 79.5 Å². The number of nitrogens with zero attached hydrogens (tertiary/aromatic N) is 7. The monoisotopic (exact) mass is 1590 g/mol. The minimum atomic E-state index is -0.925. The van der Waals surface area contributed by atoms with Crippen LogP contribution in [0.2, 0.25) is 0 Å². The number of hydrogen-bond acceptors (Lipinski definition) is 10. The van der Waals surface area contributed by atoms with Crippen LogP contribution in [-0.4, -0.2) is 117 Å². The van der Waals surface area contributed by atoms with Crippen molar-refractivity contribution in [2.24, 2.45) is 34.0 Å². The Kier molecular flexibility index (Phi) is 17.6. The van der Waals surface area contributed by atoms with Crippen LogP contribution in [0.1, 0.15) is 184 Å². The molecule has 6 aromatic carbocycles. The number of H-pyrrole nitrogens is 3. The van der Waals surface area contributed by atoms with Crippen molar-refractivity contribution in [2.75, 3.05) is 39.6 Å². The summed E-state index contributed by atoms with van der Waals surface area (Å²) in [5.41, 5.74) is 16.4. The number of halogens is 7. The standard InChI is InChI=1S/C29H26F2N4O3.C29H27F2N3O3.C28H26BrF2N3O3/c30-21-2-1-19(8-22(21)31)35-23-7-16-14-33-34-26(16)20(13-32)25(23)24(27(35)15-3-5-38-6-4-15)17-9-29(10-17)11-18(12-29)28(36)37;1-15-24-23(8-17-14-32-33-26(15)17)34(20-2-3-21(30)22(31)9-20)27(16-4-6-37-7-5-16)25(24)18-10-29(11-18)12-19(13-29)28(35)36;29-24-23-21(7-15-13-32-33-25(15)24)34(18-1-2-19(30)20(31)8-18)26(14-3-5-37-6-4-14)22(23)16-9-28(10-16)11-17(12-28)27(35)36/h1-2,7-8,14-15,17-18H,3-6,9-12H2,(H,33,34)(H,36,37);2-3,8-10,14,16,19H,4-7,11-13H2,1H3,(H,32,33)(H,35,36);1-2,7-8,13-14,16-17H,3-6,9-12H2,(H,32,33)(H,35,36). The Morgan fingerprint density at radius 1 is 0.482 bits per heavy atom. The molecule has 3 saturated heterocycles. The van der Waals surface area contributed by atoms with E-state index in [2.05, 4.69) is 86.9 Å². The quantitative estimate of drug-likeness (QED) is 0.0622. The van der Waals surface area contributed by atoms with Gasteiger partial charge in [-0.2, -0.15) is 20.6 Å². The fourth-order valence-electron chi connectivity index (χ4n) is 21.5. The molecule has 0 unspecified atom stereocenters. The summed E-state index contributed by atoms with van der Waals surface area (Å²) >= 11 is 3.87. The van der Waals surface area contributed by atoms with Gasteiger partial charge in [0.25, 0.3) is 0 Å². The third kappa shape index (κ3) is 11.7. The van der Waals surface area contributed by atoms with Crippen molar-refractivity contribution >= 4 is 105 Å². The first kappa shape index (κ1) is 72.2. The number of aryl methyl sites for hydroxylation is 1. The molecule has 6 N–H and O–H groups in total. The van der Waals surface area contributed by atoms with Crippen LogP contribution in [-0.2, 0) is 28.6 Å². The Labute approximate surface area is 645 Å². The fraction of sp³-hybridized carbons (Fsp3) is 0.407. The lowest BCUT2D eigenvalue weighted by atomic mass is 9.47. The number of aromatic amines is 3. The van der Waals surface area contributed by atoms with Crippen molar-refractivity contribution in [3.05, 3.63) is 182 Å². The van der Waals surface area contributed by atoms with Crippen LogP contribution in [0.25, 0.3) is 88.1 Å². The molecule has 0 bridgehead atoms. The van der Waals surface area contributed by atoms with E-state index in [0.717, 1.165) is 188 Å². The molecule has 5 saturated carbocycles. The number of aromatic nitrogens is 9. The average Bonchev–Trinajstić information content (AvgIpc) is 1.53. The van der Waals surface area contributed by atoms with E-state index in [1.165, 1.54) is 41.5 Å². The Morgan fingerprint density at radius 2 is 0.848 bits per heavy atom. The van der Waals surface area contributed by atoms with E-state index >= 15 is 0 Å². The number of nitrogens with one attached hydrogen (secondary N) is 3. The lowest BCUT2D eigenvalue weighted by Crippen LogP contribution is -2.49. The van der Waals surface area contributed by atoms with Gasteiger partial charge in [-0.1, -0.05) is 6.08 Å². The molecule has 0 atom stereocenters. The zero-order valence-electron chi connectivity index (χ0n) is 61.2. The van der Waals surface area contributed by atoms with Crippen LogP contribution in [0, 0.1) is 87.2 Å². The average molecular weight is 1590 g/mol. The van der Waals surface area contributed by atoms with E-state index in [-0.39, 0.29) is 63.6 Å². The summed E-state index contributed by atoms with van der Waals surface area (Å²) in [6.45, 7) is 5.90. The SMILES string of the molecule is Cc1c2[nH]ncc2cc2c1c(C1=CC3(C1)CC(C(=O)O)C3)c(C1CCOCC1)n2-c1ccc(F)c(F)c1.N#Cc1c2[nH]ncc2cc2c1c(C1CC3(CC(C(=O)O)C3)C1)c(C1CCOCC1)n2-c1ccc(F)c(F)c1.O=C(O)C1CC2(C1)CC(c1c(C3CCOCC3)n(-c3ccc(F)c(F)c3)c3cc4cn[nH]c4c(Br)c13)C2. The predicted octanol–water partition coefficient (Wildman–Crippen LogP) is 19.0. The van der Waals surface area contributed by atoms with Gasteiger partial charge in [-0.3, -0.25) is 29.7 Å². The van der Waals surface area contributed by atoms with Gasteiger partial charge >= 0.3 is 17.9 Å². The summed E-state index contributed by atoms with van der Waals surface area (Å²) in [5, 5.41) is 66.1. The Bertz CT molecular complexity index is 5970. The van der Waals surface area contributed by atoms with Crippen molar-refractivity contribution < 1.29 is 70.3 Å². The Balaban J connectivity index is 0.000000113. The van der Waals surface area contributed by atoms with Crippen LogP contribution >= 0.6 is 15.9 Å². The fourth-order valence-corrected chi connectivity index (χ4v) is 22.3. The zero-order valence-corrected chi connectivity index (χ0v) is 62.8. The lowest BCUT2D eigenvalue weighted by molar-refractivity contribution is -0.156. The highest BCUT2D eigenvalue weighted by Gasteiger charge is 2.58. The van der Waals surface area contributed by atoms with Crippen molar-refractivity contribution in [1.29, 1.82) is 5.26 Å². The number of hydrogen-bond donors (Lipinski definition) is 6. The van der Waals surface area contributed by atoms with E-state index < -0.39 is 52.8 Å². The van der Waals surface area contributed by atoms with E-state index in [9.17, 15) is 61.3 Å². The van der Waals surface area contributed by atoms with Crippen LogP contribution in [0.15, 0.2) is 102 Å². The molecule has 0 amide bonds. The first-order chi connectivity index (χ1) is 54.1. The number of carboxylic acid groups (broad SMARTS) is 3. The third-order valence-corrected chi connectivity index (χ3v) is 27.5. The molecular weight excluding hydrogens is 1510 g/mol. The zero-order chi connectivity index (χ0) is 77.1. The normalized spacial score (nSPS) is 25.1. The van der Waals surface area contributed by atoms with Gasteiger partial charge in [-0.15, -0.1) is 0 Å². The molecule has 6 aromatic heterocycles. The molecule has 26 heteroatoms. The van der Waals surface area contributed by atoms with Gasteiger partial charge in [0, 0.05) is 148 Å². The van der Waals surface area contributed by atoms with Gasteiger partial charge in [0.2, 0.25) is 0 Å². The van der Waals surface area contributed by atoms with E-state index in [4.69, 9.17) is 14.2 Å². The number of aliphatic carboxylic acids is 3. The Hall–Kier alpha value is -10.1. The molecule has 6 aliphatic carbocycles. The van der Waals surface area contributed by atoms with Crippen molar-refractivity contribution in [3.63, 3.8) is 0 Å². The number of nitriles is 1. The molecule has 576 valence electrons. The molecule has 12 aromatic rings. The second kappa shape index (κ2) is 27.4. The number of carboxylic acids is 3. The summed E-state index contributed by atoms with van der Waals surface area (Å²) in [7, 11) is 0. The minimum absolute atomic E-state index is 0.0297. The van der Waals surface area contributed by atoms with Gasteiger partial charge in [0.15, 0.2) is 34.9 Å². The highest BCUT2D eigenvalue weighted by molar-refractivity contribution is 9.10. The molecule has 9 aliphatic rings. The molecular formula is C86H79BrF6N10O9. The van der Waals surface area contributed by atoms with E-state index in [1.807, 2.05) is 10.6 Å². The van der Waals surface area contributed by atoms with Crippen LogP contribution in [0.5, 0.6) is 0 Å². The predicted molar refractivity (Wildman–Crippen MR) is 409 cm³/mol. The van der Waals surface area contributed by atoms with Crippen LogP contribution in [0.3, 0.4) is 0 Å². The van der Waals surface area contributed by atoms with Crippen molar-refractivity contribution in [2.45, 2.75) is 146 Å². The minimum Gasteiger partial charge on any atom is -0.481 e. The number of carbonyl (C=O) groups is 3. The second-order valence-electron chi connectivity index (χ2n) is 33.3. The van der Waals surface area contributed by atoms with Crippen molar-refractivity contribution in [3.8, 4) is 23.1 Å². The second-order valence-corrected chi connectivity index (χ2v) is 34.1. The van der Waals surface area contributed by atoms with Gasteiger partial charge in [-0.05, 0) is 237 Å². The Morgan fingerprint density at radius 3 is 1.28 bits per heavy atom. The molecule has 19 nitrogen and oxygen atoms in total. The summed E-state index contributed by atoms with van der Waals surface area (Å²) in [5.74, 6) is -7.37. The smallest absolute Gasteiger partial charge is 0.306 e.